The Morgan fingerprint density at radius 1 is 1.47 bits per heavy atom. The third-order valence-electron chi connectivity index (χ3n) is 2.44. The van der Waals surface area contributed by atoms with Crippen LogP contribution < -0.4 is 0 Å². The maximum atomic E-state index is 10.8. The van der Waals surface area contributed by atoms with Crippen molar-refractivity contribution in [3.05, 3.63) is 23.3 Å². The second-order valence-electron chi connectivity index (χ2n) is 3.56. The molecule has 15 heavy (non-hydrogen) atoms. The molecule has 0 aliphatic rings. The summed E-state index contributed by atoms with van der Waals surface area (Å²) in [6.07, 6.45) is 1.60. The van der Waals surface area contributed by atoms with Crippen molar-refractivity contribution in [3.63, 3.8) is 0 Å². The highest BCUT2D eigenvalue weighted by atomic mass is 16.4. The fourth-order valence-corrected chi connectivity index (χ4v) is 1.25. The number of carboxylic acid groups (broad SMARTS) is 1. The Morgan fingerprint density at radius 3 is 2.60 bits per heavy atom. The minimum Gasteiger partial charge on any atom is -0.477 e. The van der Waals surface area contributed by atoms with E-state index in [-0.39, 0.29) is 11.6 Å². The monoisotopic (exact) mass is 208 g/mol. The molecular weight excluding hydrogens is 192 g/mol. The molecule has 0 spiro atoms. The van der Waals surface area contributed by atoms with E-state index in [0.717, 1.165) is 12.1 Å². The molecule has 0 saturated heterocycles. The van der Waals surface area contributed by atoms with Gasteiger partial charge in [0.1, 0.15) is 5.82 Å². The summed E-state index contributed by atoms with van der Waals surface area (Å²) in [6, 6.07) is 1.57. The van der Waals surface area contributed by atoms with Crippen LogP contribution in [0.2, 0.25) is 0 Å². The number of nitrogens with zero attached hydrogens (tertiary/aromatic N) is 2. The second-order valence-corrected chi connectivity index (χ2v) is 3.56. The van der Waals surface area contributed by atoms with E-state index in [9.17, 15) is 4.79 Å². The minimum absolute atomic E-state index is 0.0946. The minimum atomic E-state index is -0.989. The molecule has 1 aromatic rings. The lowest BCUT2D eigenvalue weighted by Crippen LogP contribution is -2.09. The van der Waals surface area contributed by atoms with Crippen LogP contribution >= 0.6 is 0 Å². The molecule has 0 radical (unpaired) electrons. The summed E-state index contributed by atoms with van der Waals surface area (Å²) in [4.78, 5) is 19.1. The van der Waals surface area contributed by atoms with Gasteiger partial charge in [0.05, 0.1) is 0 Å². The van der Waals surface area contributed by atoms with E-state index in [2.05, 4.69) is 16.9 Å². The molecule has 0 aromatic carbocycles. The van der Waals surface area contributed by atoms with Crippen LogP contribution in [0.15, 0.2) is 6.07 Å². The van der Waals surface area contributed by atoms with E-state index in [0.29, 0.717) is 12.2 Å². The molecule has 0 aliphatic carbocycles. The number of hydrogen-bond donors (Lipinski definition) is 1. The molecule has 0 aliphatic heterocycles. The fourth-order valence-electron chi connectivity index (χ4n) is 1.25. The highest BCUT2D eigenvalue weighted by Crippen LogP contribution is 2.17. The average molecular weight is 208 g/mol. The molecule has 0 fully saturated rings. The maximum Gasteiger partial charge on any atom is 0.354 e. The number of rotatable bonds is 4. The molecule has 0 amide bonds. The van der Waals surface area contributed by atoms with Crippen LogP contribution in [0.1, 0.15) is 55.1 Å². The van der Waals surface area contributed by atoms with Crippen molar-refractivity contribution in [1.82, 2.24) is 9.97 Å². The fraction of sp³-hybridized carbons (Fsp3) is 0.545. The van der Waals surface area contributed by atoms with E-state index in [1.165, 1.54) is 0 Å². The van der Waals surface area contributed by atoms with Gasteiger partial charge >= 0.3 is 5.97 Å². The average Bonchev–Trinajstić information content (AvgIpc) is 2.27. The summed E-state index contributed by atoms with van der Waals surface area (Å²) in [7, 11) is 0. The van der Waals surface area contributed by atoms with Gasteiger partial charge in [0, 0.05) is 12.1 Å². The smallest absolute Gasteiger partial charge is 0.354 e. The van der Waals surface area contributed by atoms with Crippen LogP contribution in [0.3, 0.4) is 0 Å². The van der Waals surface area contributed by atoms with E-state index < -0.39 is 5.97 Å². The first-order valence-corrected chi connectivity index (χ1v) is 5.19. The van der Waals surface area contributed by atoms with Crippen molar-refractivity contribution >= 4 is 5.97 Å². The maximum absolute atomic E-state index is 10.8. The normalized spacial score (nSPS) is 12.5. The molecule has 82 valence electrons. The lowest BCUT2D eigenvalue weighted by atomic mass is 10.0. The molecule has 0 saturated carbocycles. The van der Waals surface area contributed by atoms with Crippen molar-refractivity contribution in [3.8, 4) is 0 Å². The highest BCUT2D eigenvalue weighted by Gasteiger charge is 2.12. The molecule has 4 nitrogen and oxygen atoms in total. The second kappa shape index (κ2) is 4.87. The Bertz CT molecular complexity index is 364. The first-order chi connectivity index (χ1) is 7.08. The molecule has 1 atom stereocenters. The number of aromatic nitrogens is 2. The lowest BCUT2D eigenvalue weighted by Gasteiger charge is -2.09. The zero-order chi connectivity index (χ0) is 11.4. The van der Waals surface area contributed by atoms with Gasteiger partial charge in [-0.2, -0.15) is 0 Å². The zero-order valence-corrected chi connectivity index (χ0v) is 9.32. The molecule has 4 heteroatoms. The number of aryl methyl sites for hydroxylation is 1. The van der Waals surface area contributed by atoms with Gasteiger partial charge in [-0.25, -0.2) is 14.8 Å². The molecule has 1 unspecified atom stereocenters. The molecule has 1 heterocycles. The van der Waals surface area contributed by atoms with Crippen molar-refractivity contribution < 1.29 is 9.90 Å². The van der Waals surface area contributed by atoms with Gasteiger partial charge in [0.2, 0.25) is 0 Å². The number of hydrogen-bond acceptors (Lipinski definition) is 3. The van der Waals surface area contributed by atoms with Gasteiger partial charge in [0.25, 0.3) is 0 Å². The lowest BCUT2D eigenvalue weighted by molar-refractivity contribution is 0.0689. The van der Waals surface area contributed by atoms with E-state index >= 15 is 0 Å². The van der Waals surface area contributed by atoms with E-state index in [1.54, 1.807) is 6.07 Å². The molecule has 1 rings (SSSR count). The van der Waals surface area contributed by atoms with Gasteiger partial charge in [0.15, 0.2) is 5.69 Å². The highest BCUT2D eigenvalue weighted by molar-refractivity contribution is 5.85. The molecule has 1 aromatic heterocycles. The Labute approximate surface area is 89.4 Å². The Morgan fingerprint density at radius 2 is 2.13 bits per heavy atom. The first-order valence-electron chi connectivity index (χ1n) is 5.19. The first kappa shape index (κ1) is 11.6. The quantitative estimate of drug-likeness (QED) is 0.824. The van der Waals surface area contributed by atoms with Gasteiger partial charge in [-0.1, -0.05) is 20.8 Å². The van der Waals surface area contributed by atoms with Gasteiger partial charge < -0.3 is 5.11 Å². The Kier molecular flexibility index (Phi) is 3.77. The summed E-state index contributed by atoms with van der Waals surface area (Å²) in [5.74, 6) is -0.113. The predicted molar refractivity (Wildman–Crippen MR) is 57.1 cm³/mol. The van der Waals surface area contributed by atoms with Crippen LogP contribution in [0.25, 0.3) is 0 Å². The van der Waals surface area contributed by atoms with Crippen molar-refractivity contribution in [2.75, 3.05) is 0 Å². The summed E-state index contributed by atoms with van der Waals surface area (Å²) >= 11 is 0. The van der Waals surface area contributed by atoms with Gasteiger partial charge in [-0.15, -0.1) is 0 Å². The van der Waals surface area contributed by atoms with Crippen LogP contribution in [0.5, 0.6) is 0 Å². The standard InChI is InChI=1S/C11H16N2O2/c1-4-7(3)8-6-9(11(14)15)13-10(5-2)12-8/h6-7H,4-5H2,1-3H3,(H,14,15). The SMILES string of the molecule is CCc1nc(C(=O)O)cc(C(C)CC)n1. The third kappa shape index (κ3) is 2.75. The van der Waals surface area contributed by atoms with Crippen LogP contribution in [0.4, 0.5) is 0 Å². The summed E-state index contributed by atoms with van der Waals surface area (Å²) < 4.78 is 0. The number of aromatic carboxylic acids is 1. The van der Waals surface area contributed by atoms with Crippen molar-refractivity contribution in [2.24, 2.45) is 0 Å². The number of carbonyl (C=O) groups is 1. The third-order valence-corrected chi connectivity index (χ3v) is 2.44. The Hall–Kier alpha value is -1.45. The van der Waals surface area contributed by atoms with Gasteiger partial charge in [-0.05, 0) is 18.4 Å². The predicted octanol–water partition coefficient (Wildman–Crippen LogP) is 2.25. The zero-order valence-electron chi connectivity index (χ0n) is 9.32. The largest absolute Gasteiger partial charge is 0.477 e. The summed E-state index contributed by atoms with van der Waals surface area (Å²) in [5.41, 5.74) is 0.916. The summed E-state index contributed by atoms with van der Waals surface area (Å²) in [6.45, 7) is 6.01. The van der Waals surface area contributed by atoms with E-state index in [1.807, 2.05) is 13.8 Å². The van der Waals surface area contributed by atoms with Crippen LogP contribution in [-0.2, 0) is 6.42 Å². The van der Waals surface area contributed by atoms with E-state index in [4.69, 9.17) is 5.11 Å². The van der Waals surface area contributed by atoms with Crippen molar-refractivity contribution in [2.45, 2.75) is 39.5 Å². The molecular formula is C11H16N2O2. The van der Waals surface area contributed by atoms with Gasteiger partial charge in [-0.3, -0.25) is 0 Å². The number of carboxylic acids is 1. The molecule has 0 bridgehead atoms. The molecule has 1 N–H and O–H groups in total. The Balaban J connectivity index is 3.16. The van der Waals surface area contributed by atoms with Crippen molar-refractivity contribution in [1.29, 1.82) is 0 Å². The van der Waals surface area contributed by atoms with Crippen LogP contribution in [-0.4, -0.2) is 21.0 Å². The van der Waals surface area contributed by atoms with Crippen LogP contribution in [0, 0.1) is 0 Å². The summed E-state index contributed by atoms with van der Waals surface area (Å²) in [5, 5.41) is 8.89. The topological polar surface area (TPSA) is 63.1 Å².